The molecular formula is C9H17N. The van der Waals surface area contributed by atoms with Crippen LogP contribution in [0, 0.1) is 18.9 Å². The molecule has 0 bridgehead atoms. The number of likely N-dealkylation sites (tertiary alicyclic amines) is 1. The van der Waals surface area contributed by atoms with Crippen LogP contribution in [0.3, 0.4) is 0 Å². The molecule has 0 aromatic rings. The lowest BCUT2D eigenvalue weighted by atomic mass is 9.89. The summed E-state index contributed by atoms with van der Waals surface area (Å²) in [5, 5.41) is 0. The van der Waals surface area contributed by atoms with Crippen molar-refractivity contribution in [3.8, 4) is 0 Å². The zero-order valence-electron chi connectivity index (χ0n) is 6.60. The molecule has 3 unspecified atom stereocenters. The SMILES string of the molecule is [CH2-][NH+]1CCC2CCCC2C1. The molecule has 58 valence electrons. The van der Waals surface area contributed by atoms with Crippen molar-refractivity contribution < 1.29 is 4.90 Å². The van der Waals surface area contributed by atoms with Gasteiger partial charge in [0.05, 0.1) is 13.1 Å². The van der Waals surface area contributed by atoms with Crippen molar-refractivity contribution in [1.82, 2.24) is 0 Å². The van der Waals surface area contributed by atoms with E-state index in [1.165, 1.54) is 43.7 Å². The van der Waals surface area contributed by atoms with Gasteiger partial charge in [0.25, 0.3) is 0 Å². The van der Waals surface area contributed by atoms with Crippen LogP contribution in [0.1, 0.15) is 25.7 Å². The highest BCUT2D eigenvalue weighted by Crippen LogP contribution is 2.33. The number of rotatable bonds is 0. The van der Waals surface area contributed by atoms with Crippen LogP contribution in [0.2, 0.25) is 0 Å². The number of hydrogen-bond acceptors (Lipinski definition) is 0. The predicted molar refractivity (Wildman–Crippen MR) is 41.5 cm³/mol. The Kier molecular flexibility index (Phi) is 1.69. The lowest BCUT2D eigenvalue weighted by Crippen LogP contribution is -3.08. The summed E-state index contributed by atoms with van der Waals surface area (Å²) in [6, 6.07) is 0. The van der Waals surface area contributed by atoms with Crippen LogP contribution in [0.4, 0.5) is 0 Å². The summed E-state index contributed by atoms with van der Waals surface area (Å²) < 4.78 is 0. The van der Waals surface area contributed by atoms with E-state index in [0.717, 1.165) is 11.8 Å². The zero-order valence-corrected chi connectivity index (χ0v) is 6.60. The normalized spacial score (nSPS) is 47.1. The predicted octanol–water partition coefficient (Wildman–Crippen LogP) is 0.483. The molecule has 2 aliphatic rings. The molecule has 0 amide bonds. The van der Waals surface area contributed by atoms with Crippen LogP contribution < -0.4 is 4.90 Å². The molecule has 1 N–H and O–H groups in total. The van der Waals surface area contributed by atoms with E-state index in [4.69, 9.17) is 0 Å². The fourth-order valence-electron chi connectivity index (χ4n) is 2.62. The largest absolute Gasteiger partial charge is 0.468 e. The van der Waals surface area contributed by atoms with E-state index in [0.29, 0.717) is 0 Å². The molecular weight excluding hydrogens is 122 g/mol. The fourth-order valence-corrected chi connectivity index (χ4v) is 2.62. The van der Waals surface area contributed by atoms with Crippen molar-refractivity contribution in [1.29, 1.82) is 0 Å². The number of piperidine rings is 1. The molecule has 1 saturated carbocycles. The van der Waals surface area contributed by atoms with E-state index < -0.39 is 0 Å². The monoisotopic (exact) mass is 139 g/mol. The summed E-state index contributed by atoms with van der Waals surface area (Å²) in [6.45, 7) is 2.67. The highest BCUT2D eigenvalue weighted by atomic mass is 15.1. The maximum atomic E-state index is 4.07. The van der Waals surface area contributed by atoms with Crippen molar-refractivity contribution >= 4 is 0 Å². The van der Waals surface area contributed by atoms with Gasteiger partial charge in [0.2, 0.25) is 0 Å². The standard InChI is InChI=1S/C9H17N/c1-10-6-5-8-3-2-4-9(8)7-10/h8-10H,1-7H2. The van der Waals surface area contributed by atoms with Crippen molar-refractivity contribution in [2.75, 3.05) is 13.1 Å². The van der Waals surface area contributed by atoms with Gasteiger partial charge in [0, 0.05) is 5.92 Å². The van der Waals surface area contributed by atoms with Crippen LogP contribution in [0.25, 0.3) is 0 Å². The molecule has 0 radical (unpaired) electrons. The summed E-state index contributed by atoms with van der Waals surface area (Å²) in [5.74, 6) is 2.13. The first-order chi connectivity index (χ1) is 4.86. The van der Waals surface area contributed by atoms with Crippen LogP contribution in [0.5, 0.6) is 0 Å². The van der Waals surface area contributed by atoms with Crippen molar-refractivity contribution in [3.63, 3.8) is 0 Å². The van der Waals surface area contributed by atoms with Crippen LogP contribution >= 0.6 is 0 Å². The molecule has 0 aromatic heterocycles. The second kappa shape index (κ2) is 2.54. The minimum Gasteiger partial charge on any atom is -0.468 e. The lowest BCUT2D eigenvalue weighted by Gasteiger charge is -2.34. The number of quaternary nitrogens is 1. The number of nitrogens with one attached hydrogen (secondary N) is 1. The summed E-state index contributed by atoms with van der Waals surface area (Å²) in [4.78, 5) is 1.52. The smallest absolute Gasteiger partial charge is 0.0561 e. The number of hydrogen-bond donors (Lipinski definition) is 1. The molecule has 10 heavy (non-hydrogen) atoms. The Morgan fingerprint density at radius 2 is 1.90 bits per heavy atom. The van der Waals surface area contributed by atoms with Crippen molar-refractivity contribution in [2.45, 2.75) is 25.7 Å². The molecule has 0 spiro atoms. The highest BCUT2D eigenvalue weighted by Gasteiger charge is 2.32. The first-order valence-electron chi connectivity index (χ1n) is 4.53. The van der Waals surface area contributed by atoms with Crippen molar-refractivity contribution in [2.24, 2.45) is 11.8 Å². The Balaban J connectivity index is 1.96. The third kappa shape index (κ3) is 1.07. The lowest BCUT2D eigenvalue weighted by molar-refractivity contribution is -0.864. The van der Waals surface area contributed by atoms with E-state index in [9.17, 15) is 0 Å². The molecule has 1 nitrogen and oxygen atoms in total. The number of fused-ring (bicyclic) bond motifs is 1. The molecule has 1 aliphatic carbocycles. The topological polar surface area (TPSA) is 4.44 Å². The Morgan fingerprint density at radius 1 is 1.10 bits per heavy atom. The van der Waals surface area contributed by atoms with E-state index in [1.807, 2.05) is 0 Å². The third-order valence-corrected chi connectivity index (χ3v) is 3.24. The molecule has 2 rings (SSSR count). The second-order valence-electron chi connectivity index (χ2n) is 3.94. The molecule has 1 heteroatoms. The highest BCUT2D eigenvalue weighted by molar-refractivity contribution is 4.78. The third-order valence-electron chi connectivity index (χ3n) is 3.24. The molecule has 2 fully saturated rings. The second-order valence-corrected chi connectivity index (χ2v) is 3.94. The average molecular weight is 139 g/mol. The van der Waals surface area contributed by atoms with Gasteiger partial charge in [0.15, 0.2) is 0 Å². The fraction of sp³-hybridized carbons (Fsp3) is 0.889. The quantitative estimate of drug-likeness (QED) is 0.466. The van der Waals surface area contributed by atoms with Crippen LogP contribution in [0.15, 0.2) is 0 Å². The summed E-state index contributed by atoms with van der Waals surface area (Å²) in [5.41, 5.74) is 0. The van der Waals surface area contributed by atoms with Gasteiger partial charge >= 0.3 is 0 Å². The van der Waals surface area contributed by atoms with E-state index >= 15 is 0 Å². The van der Waals surface area contributed by atoms with Gasteiger partial charge in [-0.2, -0.15) is 7.05 Å². The first kappa shape index (κ1) is 6.66. The van der Waals surface area contributed by atoms with Gasteiger partial charge in [0.1, 0.15) is 0 Å². The summed E-state index contributed by atoms with van der Waals surface area (Å²) in [7, 11) is 4.07. The Morgan fingerprint density at radius 3 is 2.80 bits per heavy atom. The minimum atomic E-state index is 1.04. The maximum absolute atomic E-state index is 4.07. The Bertz CT molecular complexity index is 122. The summed E-state index contributed by atoms with van der Waals surface area (Å²) in [6.07, 6.45) is 5.94. The maximum Gasteiger partial charge on any atom is 0.0561 e. The summed E-state index contributed by atoms with van der Waals surface area (Å²) >= 11 is 0. The zero-order chi connectivity index (χ0) is 6.97. The molecule has 3 atom stereocenters. The first-order valence-corrected chi connectivity index (χ1v) is 4.53. The van der Waals surface area contributed by atoms with E-state index in [-0.39, 0.29) is 0 Å². The van der Waals surface area contributed by atoms with Crippen LogP contribution in [-0.2, 0) is 0 Å². The van der Waals surface area contributed by atoms with Gasteiger partial charge in [-0.05, 0) is 25.2 Å². The molecule has 1 aliphatic heterocycles. The van der Waals surface area contributed by atoms with E-state index in [1.54, 1.807) is 0 Å². The Hall–Kier alpha value is -0.0400. The molecule has 1 heterocycles. The average Bonchev–Trinajstić information content (AvgIpc) is 2.33. The molecule has 0 aromatic carbocycles. The minimum absolute atomic E-state index is 1.04. The molecule has 1 saturated heterocycles. The van der Waals surface area contributed by atoms with E-state index in [2.05, 4.69) is 7.05 Å². The van der Waals surface area contributed by atoms with Gasteiger partial charge < -0.3 is 4.90 Å². The van der Waals surface area contributed by atoms with Crippen LogP contribution in [-0.4, -0.2) is 13.1 Å². The van der Waals surface area contributed by atoms with Crippen molar-refractivity contribution in [3.05, 3.63) is 7.05 Å². The van der Waals surface area contributed by atoms with Gasteiger partial charge in [-0.15, -0.1) is 0 Å². The van der Waals surface area contributed by atoms with Gasteiger partial charge in [-0.1, -0.05) is 6.42 Å². The Labute approximate surface area is 63.4 Å². The van der Waals surface area contributed by atoms with Gasteiger partial charge in [-0.25, -0.2) is 0 Å². The van der Waals surface area contributed by atoms with Gasteiger partial charge in [-0.3, -0.25) is 0 Å².